The van der Waals surface area contributed by atoms with Crippen molar-refractivity contribution >= 4 is 34.9 Å². The molecule has 0 bridgehead atoms. The van der Waals surface area contributed by atoms with Gasteiger partial charge in [0.2, 0.25) is 5.91 Å². The van der Waals surface area contributed by atoms with E-state index in [-0.39, 0.29) is 11.8 Å². The standard InChI is InChI=1S/C21H19ClN4O2/c1-2-20(27)25-11-12-26(19-14-24-10-4-3-5-18(24)23-19)21(28)17(25)13-15-6-8-16(22)9-7-15/h2-10,14,17H,1,11-13H2. The summed E-state index contributed by atoms with van der Waals surface area (Å²) < 4.78 is 1.87. The van der Waals surface area contributed by atoms with E-state index in [9.17, 15) is 9.59 Å². The lowest BCUT2D eigenvalue weighted by Crippen LogP contribution is -2.59. The third-order valence-electron chi connectivity index (χ3n) is 4.92. The van der Waals surface area contributed by atoms with Crippen LogP contribution < -0.4 is 4.90 Å². The number of rotatable bonds is 4. The topological polar surface area (TPSA) is 57.9 Å². The van der Waals surface area contributed by atoms with Crippen LogP contribution in [-0.4, -0.2) is 45.2 Å². The van der Waals surface area contributed by atoms with Crippen LogP contribution >= 0.6 is 11.6 Å². The van der Waals surface area contributed by atoms with Gasteiger partial charge in [0.05, 0.1) is 6.20 Å². The molecule has 1 atom stereocenters. The first kappa shape index (κ1) is 18.3. The second-order valence-corrected chi connectivity index (χ2v) is 7.07. The molecule has 1 unspecified atom stereocenters. The third-order valence-corrected chi connectivity index (χ3v) is 5.17. The Morgan fingerprint density at radius 1 is 1.21 bits per heavy atom. The Balaban J connectivity index is 1.66. The molecule has 4 rings (SSSR count). The monoisotopic (exact) mass is 394 g/mol. The zero-order valence-electron chi connectivity index (χ0n) is 15.2. The van der Waals surface area contributed by atoms with Crippen molar-refractivity contribution in [3.63, 3.8) is 0 Å². The van der Waals surface area contributed by atoms with Gasteiger partial charge in [-0.25, -0.2) is 4.98 Å². The molecule has 1 saturated heterocycles. The second-order valence-electron chi connectivity index (χ2n) is 6.64. The average molecular weight is 395 g/mol. The summed E-state index contributed by atoms with van der Waals surface area (Å²) in [5.41, 5.74) is 1.70. The predicted molar refractivity (Wildman–Crippen MR) is 108 cm³/mol. The van der Waals surface area contributed by atoms with Gasteiger partial charge in [-0.05, 0) is 35.9 Å². The smallest absolute Gasteiger partial charge is 0.251 e. The fourth-order valence-corrected chi connectivity index (χ4v) is 3.61. The molecule has 2 amide bonds. The number of imidazole rings is 1. The van der Waals surface area contributed by atoms with Gasteiger partial charge in [-0.1, -0.05) is 36.4 Å². The van der Waals surface area contributed by atoms with Gasteiger partial charge in [0.25, 0.3) is 5.91 Å². The van der Waals surface area contributed by atoms with Crippen LogP contribution in [0.25, 0.3) is 5.65 Å². The number of fused-ring (bicyclic) bond motifs is 1. The van der Waals surface area contributed by atoms with Crippen LogP contribution in [0.2, 0.25) is 5.02 Å². The number of hydrogen-bond acceptors (Lipinski definition) is 3. The Kier molecular flexibility index (Phi) is 4.88. The van der Waals surface area contributed by atoms with Crippen LogP contribution in [0, 0.1) is 0 Å². The van der Waals surface area contributed by atoms with Crippen molar-refractivity contribution in [3.05, 3.63) is 78.1 Å². The Labute approximate surface area is 167 Å². The largest absolute Gasteiger partial charge is 0.325 e. The number of carbonyl (C=O) groups excluding carboxylic acids is 2. The molecular weight excluding hydrogens is 376 g/mol. The molecule has 6 nitrogen and oxygen atoms in total. The minimum atomic E-state index is -0.620. The quantitative estimate of drug-likeness (QED) is 0.639. The fourth-order valence-electron chi connectivity index (χ4n) is 3.49. The van der Waals surface area contributed by atoms with Gasteiger partial charge in [-0.15, -0.1) is 0 Å². The van der Waals surface area contributed by atoms with Gasteiger partial charge >= 0.3 is 0 Å². The zero-order valence-corrected chi connectivity index (χ0v) is 15.9. The van der Waals surface area contributed by atoms with E-state index in [1.807, 2.05) is 47.1 Å². The van der Waals surface area contributed by atoms with Crippen molar-refractivity contribution in [1.29, 1.82) is 0 Å². The van der Waals surface area contributed by atoms with Crippen molar-refractivity contribution in [2.75, 3.05) is 18.0 Å². The van der Waals surface area contributed by atoms with Gasteiger partial charge in [-0.3, -0.25) is 14.5 Å². The Hall–Kier alpha value is -3.12. The Bertz CT molecular complexity index is 1010. The molecule has 2 aromatic heterocycles. The van der Waals surface area contributed by atoms with Crippen molar-refractivity contribution < 1.29 is 9.59 Å². The van der Waals surface area contributed by atoms with Gasteiger partial charge in [0.1, 0.15) is 11.7 Å². The number of piperazine rings is 1. The minimum Gasteiger partial charge on any atom is -0.325 e. The first-order chi connectivity index (χ1) is 13.6. The molecule has 28 heavy (non-hydrogen) atoms. The average Bonchev–Trinajstić information content (AvgIpc) is 3.14. The van der Waals surface area contributed by atoms with Crippen molar-refractivity contribution in [1.82, 2.24) is 14.3 Å². The van der Waals surface area contributed by atoms with E-state index >= 15 is 0 Å². The molecule has 3 heterocycles. The van der Waals surface area contributed by atoms with Gasteiger partial charge in [0.15, 0.2) is 5.82 Å². The molecular formula is C21H19ClN4O2. The summed E-state index contributed by atoms with van der Waals surface area (Å²) in [4.78, 5) is 33.5. The van der Waals surface area contributed by atoms with Crippen LogP contribution in [0.15, 0.2) is 67.5 Å². The number of pyridine rings is 1. The lowest BCUT2D eigenvalue weighted by Gasteiger charge is -2.39. The van der Waals surface area contributed by atoms with Gasteiger partial charge in [0, 0.05) is 30.7 Å². The number of nitrogens with zero attached hydrogens (tertiary/aromatic N) is 4. The molecule has 1 fully saturated rings. The van der Waals surface area contributed by atoms with Crippen LogP contribution in [0.1, 0.15) is 5.56 Å². The third kappa shape index (κ3) is 3.39. The molecule has 142 valence electrons. The van der Waals surface area contributed by atoms with E-state index in [0.717, 1.165) is 11.2 Å². The van der Waals surface area contributed by atoms with Crippen LogP contribution in [0.4, 0.5) is 5.82 Å². The molecule has 0 spiro atoms. The molecule has 0 N–H and O–H groups in total. The van der Waals surface area contributed by atoms with Crippen LogP contribution in [-0.2, 0) is 16.0 Å². The first-order valence-corrected chi connectivity index (χ1v) is 9.37. The normalized spacial score (nSPS) is 17.2. The lowest BCUT2D eigenvalue weighted by atomic mass is 10.0. The minimum absolute atomic E-state index is 0.153. The van der Waals surface area contributed by atoms with E-state index in [0.29, 0.717) is 30.4 Å². The van der Waals surface area contributed by atoms with Gasteiger partial charge < -0.3 is 9.30 Å². The molecule has 0 aliphatic carbocycles. The Morgan fingerprint density at radius 3 is 2.71 bits per heavy atom. The summed E-state index contributed by atoms with van der Waals surface area (Å²) in [6.45, 7) is 4.38. The summed E-state index contributed by atoms with van der Waals surface area (Å²) in [7, 11) is 0. The maximum atomic E-state index is 13.3. The zero-order chi connectivity index (χ0) is 19.7. The fraction of sp³-hybridized carbons (Fsp3) is 0.190. The summed E-state index contributed by atoms with van der Waals surface area (Å²) in [5, 5.41) is 0.629. The number of halogens is 1. The van der Waals surface area contributed by atoms with Crippen LogP contribution in [0.5, 0.6) is 0 Å². The molecule has 1 aliphatic rings. The predicted octanol–water partition coefficient (Wildman–Crippen LogP) is 2.96. The number of amides is 2. The SMILES string of the molecule is C=CC(=O)N1CCN(c2cn3ccccc3n2)C(=O)C1Cc1ccc(Cl)cc1. The summed E-state index contributed by atoms with van der Waals surface area (Å²) in [6, 6.07) is 12.4. The molecule has 7 heteroatoms. The van der Waals surface area contributed by atoms with E-state index in [1.54, 1.807) is 21.9 Å². The highest BCUT2D eigenvalue weighted by atomic mass is 35.5. The Morgan fingerprint density at radius 2 is 2.00 bits per heavy atom. The molecule has 0 saturated carbocycles. The number of anilines is 1. The molecule has 0 radical (unpaired) electrons. The highest BCUT2D eigenvalue weighted by Crippen LogP contribution is 2.23. The number of hydrogen-bond donors (Lipinski definition) is 0. The number of aromatic nitrogens is 2. The van der Waals surface area contributed by atoms with E-state index < -0.39 is 6.04 Å². The van der Waals surface area contributed by atoms with E-state index in [1.165, 1.54) is 6.08 Å². The van der Waals surface area contributed by atoms with E-state index in [4.69, 9.17) is 11.6 Å². The number of benzene rings is 1. The maximum absolute atomic E-state index is 13.3. The lowest BCUT2D eigenvalue weighted by molar-refractivity contribution is -0.138. The highest BCUT2D eigenvalue weighted by molar-refractivity contribution is 6.30. The molecule has 1 aliphatic heterocycles. The summed E-state index contributed by atoms with van der Waals surface area (Å²) >= 11 is 5.96. The number of carbonyl (C=O) groups is 2. The molecule has 3 aromatic rings. The van der Waals surface area contributed by atoms with Crippen LogP contribution in [0.3, 0.4) is 0 Å². The highest BCUT2D eigenvalue weighted by Gasteiger charge is 2.38. The second kappa shape index (κ2) is 7.48. The van der Waals surface area contributed by atoms with E-state index in [2.05, 4.69) is 11.6 Å². The summed E-state index contributed by atoms with van der Waals surface area (Å²) in [5.74, 6) is 0.185. The maximum Gasteiger partial charge on any atom is 0.251 e. The van der Waals surface area contributed by atoms with Crippen molar-refractivity contribution in [3.8, 4) is 0 Å². The summed E-state index contributed by atoms with van der Waals surface area (Å²) in [6.07, 6.45) is 5.37. The van der Waals surface area contributed by atoms with Crippen molar-refractivity contribution in [2.24, 2.45) is 0 Å². The van der Waals surface area contributed by atoms with Gasteiger partial charge in [-0.2, -0.15) is 0 Å². The first-order valence-electron chi connectivity index (χ1n) is 8.99. The van der Waals surface area contributed by atoms with Crippen molar-refractivity contribution in [2.45, 2.75) is 12.5 Å². The molecule has 1 aromatic carbocycles.